The number of benzene rings is 2. The monoisotopic (exact) mass is 378 g/mol. The Morgan fingerprint density at radius 1 is 1.23 bits per heavy atom. The molecule has 22 heavy (non-hydrogen) atoms. The quantitative estimate of drug-likeness (QED) is 0.749. The van der Waals surface area contributed by atoms with Crippen molar-refractivity contribution in [3.63, 3.8) is 0 Å². The van der Waals surface area contributed by atoms with Gasteiger partial charge in [0.25, 0.3) is 0 Å². The summed E-state index contributed by atoms with van der Waals surface area (Å²) in [6, 6.07) is 16.0. The van der Waals surface area contributed by atoms with Crippen molar-refractivity contribution in [2.24, 2.45) is 0 Å². The van der Waals surface area contributed by atoms with Crippen LogP contribution in [0.3, 0.4) is 0 Å². The van der Waals surface area contributed by atoms with Gasteiger partial charge in [-0.15, -0.1) is 0 Å². The molecule has 2 aromatic rings. The van der Waals surface area contributed by atoms with Crippen molar-refractivity contribution in [3.8, 4) is 5.75 Å². The van der Waals surface area contributed by atoms with Crippen molar-refractivity contribution in [1.82, 2.24) is 5.32 Å². The largest absolute Gasteiger partial charge is 0.491 e. The van der Waals surface area contributed by atoms with Gasteiger partial charge in [0, 0.05) is 10.2 Å². The van der Waals surface area contributed by atoms with Gasteiger partial charge in [-0.3, -0.25) is 0 Å². The molecule has 0 bridgehead atoms. The summed E-state index contributed by atoms with van der Waals surface area (Å²) in [6.45, 7) is 4.63. The molecule has 1 atom stereocenters. The fourth-order valence-electron chi connectivity index (χ4n) is 1.85. The van der Waals surface area contributed by atoms with Crippen LogP contribution in [0.5, 0.6) is 5.75 Å². The van der Waals surface area contributed by atoms with Crippen molar-refractivity contribution in [3.05, 3.63) is 58.6 Å². The molecule has 0 aliphatic heterocycles. The Bertz CT molecular complexity index is 631. The molecule has 0 aliphatic carbocycles. The number of hydrogen-bond acceptors (Lipinski definition) is 2. The summed E-state index contributed by atoms with van der Waals surface area (Å²) in [5.74, 6) is 0.866. The minimum atomic E-state index is 0.105. The average Bonchev–Trinajstić information content (AvgIpc) is 2.46. The van der Waals surface area contributed by atoms with Gasteiger partial charge in [0.1, 0.15) is 12.4 Å². The lowest BCUT2D eigenvalue weighted by molar-refractivity contribution is 0.287. The van der Waals surface area contributed by atoms with E-state index >= 15 is 0 Å². The maximum absolute atomic E-state index is 5.74. The Morgan fingerprint density at radius 3 is 2.64 bits per heavy atom. The van der Waals surface area contributed by atoms with Crippen molar-refractivity contribution >= 4 is 38.9 Å². The van der Waals surface area contributed by atoms with Gasteiger partial charge in [0.15, 0.2) is 5.11 Å². The van der Waals surface area contributed by atoms with Crippen molar-refractivity contribution < 1.29 is 4.74 Å². The Morgan fingerprint density at radius 2 is 1.95 bits per heavy atom. The molecule has 2 rings (SSSR count). The maximum atomic E-state index is 5.74. The number of ether oxygens (including phenoxy) is 1. The molecule has 5 heteroatoms. The first-order chi connectivity index (χ1) is 10.5. The van der Waals surface area contributed by atoms with E-state index < -0.39 is 0 Å². The first kappa shape index (κ1) is 16.8. The van der Waals surface area contributed by atoms with Crippen LogP contribution in [-0.4, -0.2) is 17.8 Å². The highest BCUT2D eigenvalue weighted by Gasteiger charge is 2.06. The highest BCUT2D eigenvalue weighted by Crippen LogP contribution is 2.15. The summed E-state index contributed by atoms with van der Waals surface area (Å²) in [6.07, 6.45) is 0. The van der Waals surface area contributed by atoms with E-state index in [0.717, 1.165) is 15.9 Å². The van der Waals surface area contributed by atoms with Gasteiger partial charge < -0.3 is 15.4 Å². The van der Waals surface area contributed by atoms with Crippen LogP contribution in [-0.2, 0) is 0 Å². The van der Waals surface area contributed by atoms with Crippen LogP contribution in [0.15, 0.2) is 53.0 Å². The van der Waals surface area contributed by atoms with Gasteiger partial charge in [-0.2, -0.15) is 0 Å². The molecule has 0 saturated carbocycles. The Labute approximate surface area is 145 Å². The van der Waals surface area contributed by atoms with Gasteiger partial charge in [-0.25, -0.2) is 0 Å². The number of anilines is 1. The summed E-state index contributed by atoms with van der Waals surface area (Å²) >= 11 is 8.75. The maximum Gasteiger partial charge on any atom is 0.171 e. The number of hydrogen-bond donors (Lipinski definition) is 2. The summed E-state index contributed by atoms with van der Waals surface area (Å²) in [7, 11) is 0. The summed E-state index contributed by atoms with van der Waals surface area (Å²) in [5.41, 5.74) is 2.16. The SMILES string of the molecule is Cc1ccc(OC[C@H](C)NC(=S)Nc2cccc(Br)c2)cc1. The molecule has 0 saturated heterocycles. The molecule has 0 spiro atoms. The minimum absolute atomic E-state index is 0.105. The van der Waals surface area contributed by atoms with E-state index in [9.17, 15) is 0 Å². The van der Waals surface area contributed by atoms with Gasteiger partial charge in [-0.1, -0.05) is 39.7 Å². The lowest BCUT2D eigenvalue weighted by Crippen LogP contribution is -2.39. The zero-order valence-corrected chi connectivity index (χ0v) is 15.0. The normalized spacial score (nSPS) is 11.6. The lowest BCUT2D eigenvalue weighted by Gasteiger charge is -2.18. The second-order valence-corrected chi connectivity index (χ2v) is 6.46. The van der Waals surface area contributed by atoms with Crippen LogP contribution in [0.25, 0.3) is 0 Å². The van der Waals surface area contributed by atoms with E-state index in [2.05, 4.69) is 33.5 Å². The van der Waals surface area contributed by atoms with E-state index in [1.807, 2.05) is 55.5 Å². The van der Waals surface area contributed by atoms with E-state index in [-0.39, 0.29) is 6.04 Å². The summed E-state index contributed by atoms with van der Waals surface area (Å²) in [4.78, 5) is 0. The molecule has 0 heterocycles. The molecule has 0 amide bonds. The van der Waals surface area contributed by atoms with Crippen molar-refractivity contribution in [1.29, 1.82) is 0 Å². The van der Waals surface area contributed by atoms with E-state index in [1.54, 1.807) is 0 Å². The fraction of sp³-hybridized carbons (Fsp3) is 0.235. The molecule has 2 aromatic carbocycles. The van der Waals surface area contributed by atoms with Gasteiger partial charge in [-0.05, 0) is 56.4 Å². The zero-order valence-electron chi connectivity index (χ0n) is 12.6. The second-order valence-electron chi connectivity index (χ2n) is 5.13. The molecule has 3 nitrogen and oxygen atoms in total. The molecule has 0 unspecified atom stereocenters. The average molecular weight is 379 g/mol. The zero-order chi connectivity index (χ0) is 15.9. The topological polar surface area (TPSA) is 33.3 Å². The molecular formula is C17H19BrN2OS. The number of thiocarbonyl (C=S) groups is 1. The molecule has 0 radical (unpaired) electrons. The van der Waals surface area contributed by atoms with Crippen molar-refractivity contribution in [2.75, 3.05) is 11.9 Å². The van der Waals surface area contributed by atoms with Crippen LogP contribution < -0.4 is 15.4 Å². The lowest BCUT2D eigenvalue weighted by atomic mass is 10.2. The third kappa shape index (κ3) is 5.66. The number of halogens is 1. The van der Waals surface area contributed by atoms with E-state index in [0.29, 0.717) is 11.7 Å². The highest BCUT2D eigenvalue weighted by atomic mass is 79.9. The van der Waals surface area contributed by atoms with Crippen molar-refractivity contribution in [2.45, 2.75) is 19.9 Å². The van der Waals surface area contributed by atoms with Crippen LogP contribution in [0.2, 0.25) is 0 Å². The van der Waals surface area contributed by atoms with Gasteiger partial charge >= 0.3 is 0 Å². The summed E-state index contributed by atoms with van der Waals surface area (Å²) in [5, 5.41) is 6.95. The Balaban J connectivity index is 1.77. The van der Waals surface area contributed by atoms with Gasteiger partial charge in [0.2, 0.25) is 0 Å². The molecule has 2 N–H and O–H groups in total. The molecule has 116 valence electrons. The predicted molar refractivity (Wildman–Crippen MR) is 99.6 cm³/mol. The minimum Gasteiger partial charge on any atom is -0.491 e. The highest BCUT2D eigenvalue weighted by molar-refractivity contribution is 9.10. The standard InChI is InChI=1S/C17H19BrN2OS/c1-12-6-8-16(9-7-12)21-11-13(2)19-17(22)20-15-5-3-4-14(18)10-15/h3-10,13H,11H2,1-2H3,(H2,19,20,22)/t13-/m0/s1. The predicted octanol–water partition coefficient (Wildman–Crippen LogP) is 4.51. The van der Waals surface area contributed by atoms with Crippen LogP contribution in [0.4, 0.5) is 5.69 Å². The number of aryl methyl sites for hydroxylation is 1. The first-order valence-electron chi connectivity index (χ1n) is 7.05. The molecule has 0 aromatic heterocycles. The summed E-state index contributed by atoms with van der Waals surface area (Å²) < 4.78 is 6.75. The van der Waals surface area contributed by atoms with Crippen LogP contribution in [0.1, 0.15) is 12.5 Å². The molecule has 0 aliphatic rings. The number of rotatable bonds is 5. The van der Waals surface area contributed by atoms with Crippen LogP contribution in [0, 0.1) is 6.92 Å². The Kier molecular flexibility index (Phi) is 6.21. The third-order valence-electron chi connectivity index (χ3n) is 2.98. The fourth-order valence-corrected chi connectivity index (χ4v) is 2.57. The molecule has 0 fully saturated rings. The first-order valence-corrected chi connectivity index (χ1v) is 8.25. The van der Waals surface area contributed by atoms with E-state index in [1.165, 1.54) is 5.56 Å². The van der Waals surface area contributed by atoms with Crippen LogP contribution >= 0.6 is 28.1 Å². The van der Waals surface area contributed by atoms with Gasteiger partial charge in [0.05, 0.1) is 6.04 Å². The smallest absolute Gasteiger partial charge is 0.171 e. The van der Waals surface area contributed by atoms with E-state index in [4.69, 9.17) is 17.0 Å². The Hall–Kier alpha value is -1.59. The molecular weight excluding hydrogens is 360 g/mol. The number of nitrogens with one attached hydrogen (secondary N) is 2. The third-order valence-corrected chi connectivity index (χ3v) is 3.69. The second kappa shape index (κ2) is 8.15.